The normalized spacial score (nSPS) is 18.3. The summed E-state index contributed by atoms with van der Waals surface area (Å²) in [6.07, 6.45) is 0.850. The van der Waals surface area contributed by atoms with Gasteiger partial charge < -0.3 is 15.6 Å². The fourth-order valence-electron chi connectivity index (χ4n) is 2.20. The molecule has 1 heterocycles. The van der Waals surface area contributed by atoms with E-state index < -0.39 is 11.9 Å². The summed E-state index contributed by atoms with van der Waals surface area (Å²) < 4.78 is 5.78. The van der Waals surface area contributed by atoms with Crippen LogP contribution in [0.15, 0.2) is 18.2 Å². The number of hydrogen-bond acceptors (Lipinski definition) is 3. The molecule has 17 heavy (non-hydrogen) atoms. The van der Waals surface area contributed by atoms with E-state index in [0.717, 1.165) is 17.7 Å². The third-order valence-electron chi connectivity index (χ3n) is 3.03. The second-order valence-corrected chi connectivity index (χ2v) is 5.03. The molecular formula is C13H17NO3. The Kier molecular flexibility index (Phi) is 2.83. The van der Waals surface area contributed by atoms with Crippen LogP contribution in [-0.2, 0) is 11.2 Å². The Morgan fingerprint density at radius 1 is 1.59 bits per heavy atom. The van der Waals surface area contributed by atoms with Crippen molar-refractivity contribution in [2.45, 2.75) is 31.8 Å². The number of ether oxygens (including phenoxy) is 1. The van der Waals surface area contributed by atoms with Gasteiger partial charge in [0.15, 0.2) is 0 Å². The molecule has 4 heteroatoms. The van der Waals surface area contributed by atoms with Gasteiger partial charge in [-0.25, -0.2) is 0 Å². The summed E-state index contributed by atoms with van der Waals surface area (Å²) in [6.45, 7) is 4.13. The van der Waals surface area contributed by atoms with Crippen molar-refractivity contribution in [2.75, 3.05) is 6.54 Å². The Bertz CT molecular complexity index is 454. The molecule has 0 aliphatic carbocycles. The minimum Gasteiger partial charge on any atom is -0.487 e. The maximum Gasteiger partial charge on any atom is 0.312 e. The highest BCUT2D eigenvalue weighted by atomic mass is 16.5. The Labute approximate surface area is 100 Å². The lowest BCUT2D eigenvalue weighted by Crippen LogP contribution is -2.24. The molecular weight excluding hydrogens is 218 g/mol. The van der Waals surface area contributed by atoms with E-state index in [9.17, 15) is 4.79 Å². The molecule has 1 aliphatic heterocycles. The Morgan fingerprint density at radius 2 is 2.29 bits per heavy atom. The van der Waals surface area contributed by atoms with Gasteiger partial charge in [0.1, 0.15) is 11.4 Å². The third-order valence-corrected chi connectivity index (χ3v) is 3.03. The van der Waals surface area contributed by atoms with Crippen LogP contribution in [0.1, 0.15) is 30.9 Å². The van der Waals surface area contributed by atoms with E-state index in [1.165, 1.54) is 0 Å². The van der Waals surface area contributed by atoms with E-state index in [-0.39, 0.29) is 12.1 Å². The first-order chi connectivity index (χ1) is 7.93. The Balaban J connectivity index is 2.33. The van der Waals surface area contributed by atoms with Crippen molar-refractivity contribution in [3.63, 3.8) is 0 Å². The summed E-state index contributed by atoms with van der Waals surface area (Å²) in [5.74, 6) is -0.774. The van der Waals surface area contributed by atoms with Gasteiger partial charge in [-0.15, -0.1) is 0 Å². The van der Waals surface area contributed by atoms with Crippen LogP contribution in [0.25, 0.3) is 0 Å². The lowest BCUT2D eigenvalue weighted by atomic mass is 9.96. The highest BCUT2D eigenvalue weighted by Crippen LogP contribution is 2.36. The van der Waals surface area contributed by atoms with Crippen molar-refractivity contribution in [2.24, 2.45) is 5.73 Å². The highest BCUT2D eigenvalue weighted by molar-refractivity contribution is 5.76. The second kappa shape index (κ2) is 4.04. The molecule has 2 rings (SSSR count). The molecule has 1 aromatic rings. The average molecular weight is 235 g/mol. The van der Waals surface area contributed by atoms with Crippen LogP contribution in [0.3, 0.4) is 0 Å². The predicted octanol–water partition coefficient (Wildman–Crippen LogP) is 1.53. The number of hydrogen-bond donors (Lipinski definition) is 2. The summed E-state index contributed by atoms with van der Waals surface area (Å²) in [5, 5.41) is 9.06. The zero-order valence-corrected chi connectivity index (χ0v) is 10.1. The molecule has 1 unspecified atom stereocenters. The molecule has 0 saturated heterocycles. The third kappa shape index (κ3) is 2.26. The predicted molar refractivity (Wildman–Crippen MR) is 64.3 cm³/mol. The minimum atomic E-state index is -0.898. The van der Waals surface area contributed by atoms with Crippen LogP contribution in [0, 0.1) is 0 Å². The van der Waals surface area contributed by atoms with E-state index in [1.54, 1.807) is 6.07 Å². The van der Waals surface area contributed by atoms with Gasteiger partial charge in [0.2, 0.25) is 0 Å². The van der Waals surface area contributed by atoms with Crippen LogP contribution < -0.4 is 10.5 Å². The molecule has 0 amide bonds. The van der Waals surface area contributed by atoms with Crippen LogP contribution in [0.5, 0.6) is 5.75 Å². The molecule has 1 atom stereocenters. The zero-order valence-electron chi connectivity index (χ0n) is 10.1. The molecule has 0 aromatic heterocycles. The van der Waals surface area contributed by atoms with Crippen molar-refractivity contribution >= 4 is 5.97 Å². The van der Waals surface area contributed by atoms with Crippen LogP contribution in [0.2, 0.25) is 0 Å². The number of nitrogens with two attached hydrogens (primary N) is 1. The molecule has 3 N–H and O–H groups in total. The van der Waals surface area contributed by atoms with E-state index in [1.807, 2.05) is 26.0 Å². The minimum absolute atomic E-state index is 0.0948. The lowest BCUT2D eigenvalue weighted by molar-refractivity contribution is -0.138. The van der Waals surface area contributed by atoms with Gasteiger partial charge in [0.25, 0.3) is 0 Å². The topological polar surface area (TPSA) is 72.6 Å². The quantitative estimate of drug-likeness (QED) is 0.833. The summed E-state index contributed by atoms with van der Waals surface area (Å²) in [5.41, 5.74) is 7.11. The highest BCUT2D eigenvalue weighted by Gasteiger charge is 2.31. The van der Waals surface area contributed by atoms with Gasteiger partial charge in [0.05, 0.1) is 5.92 Å². The van der Waals surface area contributed by atoms with Crippen molar-refractivity contribution in [3.8, 4) is 5.75 Å². The fourth-order valence-corrected chi connectivity index (χ4v) is 2.20. The van der Waals surface area contributed by atoms with Crippen LogP contribution in [-0.4, -0.2) is 23.2 Å². The van der Waals surface area contributed by atoms with Crippen molar-refractivity contribution in [1.82, 2.24) is 0 Å². The first kappa shape index (κ1) is 11.9. The number of fused-ring (bicyclic) bond motifs is 1. The molecule has 1 aliphatic rings. The number of rotatable bonds is 3. The molecule has 0 fully saturated rings. The molecule has 0 spiro atoms. The molecule has 0 saturated carbocycles. The molecule has 4 nitrogen and oxygen atoms in total. The average Bonchev–Trinajstić information content (AvgIpc) is 2.51. The monoisotopic (exact) mass is 235 g/mol. The van der Waals surface area contributed by atoms with Gasteiger partial charge >= 0.3 is 5.97 Å². The standard InChI is InChI=1S/C13H17NO3/c1-13(2)6-9-4-3-8(5-11(9)17-13)10(7-14)12(15)16/h3-5,10H,6-7,14H2,1-2H3,(H,15,16). The first-order valence-electron chi connectivity index (χ1n) is 5.67. The smallest absolute Gasteiger partial charge is 0.312 e. The molecule has 1 aromatic carbocycles. The van der Waals surface area contributed by atoms with E-state index in [4.69, 9.17) is 15.6 Å². The van der Waals surface area contributed by atoms with Crippen molar-refractivity contribution in [3.05, 3.63) is 29.3 Å². The maximum absolute atomic E-state index is 11.0. The second-order valence-electron chi connectivity index (χ2n) is 5.03. The SMILES string of the molecule is CC1(C)Cc2ccc(C(CN)C(=O)O)cc2O1. The van der Waals surface area contributed by atoms with E-state index in [2.05, 4.69) is 0 Å². The van der Waals surface area contributed by atoms with E-state index >= 15 is 0 Å². The Hall–Kier alpha value is -1.55. The molecule has 0 radical (unpaired) electrons. The number of carbonyl (C=O) groups is 1. The summed E-state index contributed by atoms with van der Waals surface area (Å²) in [7, 11) is 0. The number of carboxylic acid groups (broad SMARTS) is 1. The van der Waals surface area contributed by atoms with Crippen LogP contribution in [0.4, 0.5) is 0 Å². The summed E-state index contributed by atoms with van der Waals surface area (Å²) >= 11 is 0. The van der Waals surface area contributed by atoms with Gasteiger partial charge in [-0.2, -0.15) is 0 Å². The Morgan fingerprint density at radius 3 is 2.88 bits per heavy atom. The van der Waals surface area contributed by atoms with E-state index in [0.29, 0.717) is 5.56 Å². The van der Waals surface area contributed by atoms with Crippen LogP contribution >= 0.6 is 0 Å². The molecule has 0 bridgehead atoms. The number of benzene rings is 1. The zero-order chi connectivity index (χ0) is 12.6. The first-order valence-corrected chi connectivity index (χ1v) is 5.67. The maximum atomic E-state index is 11.0. The van der Waals surface area contributed by atoms with Gasteiger partial charge in [-0.3, -0.25) is 4.79 Å². The summed E-state index contributed by atoms with van der Waals surface area (Å²) in [4.78, 5) is 11.0. The number of carboxylic acids is 1. The number of aliphatic carboxylic acids is 1. The molecule has 92 valence electrons. The van der Waals surface area contributed by atoms with Gasteiger partial charge in [0, 0.05) is 13.0 Å². The van der Waals surface area contributed by atoms with Crippen molar-refractivity contribution in [1.29, 1.82) is 0 Å². The summed E-state index contributed by atoms with van der Waals surface area (Å²) in [6, 6.07) is 5.57. The van der Waals surface area contributed by atoms with Gasteiger partial charge in [-0.05, 0) is 31.0 Å². The largest absolute Gasteiger partial charge is 0.487 e. The van der Waals surface area contributed by atoms with Crippen molar-refractivity contribution < 1.29 is 14.6 Å². The van der Waals surface area contributed by atoms with Gasteiger partial charge in [-0.1, -0.05) is 12.1 Å². The fraction of sp³-hybridized carbons (Fsp3) is 0.462. The lowest BCUT2D eigenvalue weighted by Gasteiger charge is -2.17.